The molecule has 2 heterocycles. The van der Waals surface area contributed by atoms with Crippen molar-refractivity contribution < 1.29 is 0 Å². The second-order valence-electron chi connectivity index (χ2n) is 5.47. The van der Waals surface area contributed by atoms with Crippen LogP contribution in [-0.4, -0.2) is 16.1 Å². The average Bonchev–Trinajstić information content (AvgIpc) is 2.74. The lowest BCUT2D eigenvalue weighted by atomic mass is 9.87. The Morgan fingerprint density at radius 2 is 2.12 bits per heavy atom. The number of hydrogen-bond donors (Lipinski definition) is 1. The van der Waals surface area contributed by atoms with E-state index in [1.54, 1.807) is 0 Å². The van der Waals surface area contributed by atoms with Crippen LogP contribution in [0.1, 0.15) is 26.3 Å². The van der Waals surface area contributed by atoms with E-state index in [2.05, 4.69) is 53.8 Å². The summed E-state index contributed by atoms with van der Waals surface area (Å²) in [7, 11) is 0. The second kappa shape index (κ2) is 3.00. The van der Waals surface area contributed by atoms with Gasteiger partial charge in [-0.2, -0.15) is 0 Å². The zero-order valence-corrected chi connectivity index (χ0v) is 10.0. The molecule has 1 N–H and O–H groups in total. The van der Waals surface area contributed by atoms with Crippen molar-refractivity contribution in [3.8, 4) is 0 Å². The molecule has 0 saturated heterocycles. The molecular formula is C13H17N3. The Bertz CT molecular complexity index is 546. The molecule has 0 fully saturated rings. The van der Waals surface area contributed by atoms with Crippen molar-refractivity contribution in [1.82, 2.24) is 9.55 Å². The lowest BCUT2D eigenvalue weighted by Gasteiger charge is -2.18. The molecule has 0 aliphatic carbocycles. The average molecular weight is 215 g/mol. The van der Waals surface area contributed by atoms with E-state index in [9.17, 15) is 0 Å². The first-order chi connectivity index (χ1) is 7.55. The van der Waals surface area contributed by atoms with Crippen LogP contribution in [0.4, 0.5) is 5.95 Å². The third-order valence-electron chi connectivity index (χ3n) is 3.23. The maximum atomic E-state index is 4.57. The highest BCUT2D eigenvalue weighted by molar-refractivity contribution is 5.80. The molecule has 0 spiro atoms. The number of imidazole rings is 1. The molecule has 3 heteroatoms. The molecule has 3 nitrogen and oxygen atoms in total. The first kappa shape index (κ1) is 9.70. The molecule has 1 aliphatic rings. The van der Waals surface area contributed by atoms with Crippen molar-refractivity contribution >= 4 is 17.0 Å². The van der Waals surface area contributed by atoms with Gasteiger partial charge in [0.1, 0.15) is 0 Å². The van der Waals surface area contributed by atoms with Crippen molar-refractivity contribution in [2.24, 2.45) is 0 Å². The first-order valence-electron chi connectivity index (χ1n) is 5.80. The maximum absolute atomic E-state index is 4.57. The fourth-order valence-corrected chi connectivity index (χ4v) is 2.23. The largest absolute Gasteiger partial charge is 0.354 e. The third kappa shape index (κ3) is 1.31. The van der Waals surface area contributed by atoms with Crippen molar-refractivity contribution in [3.63, 3.8) is 0 Å². The molecule has 0 amide bonds. The summed E-state index contributed by atoms with van der Waals surface area (Å²) < 4.78 is 2.27. The van der Waals surface area contributed by atoms with Crippen molar-refractivity contribution in [1.29, 1.82) is 0 Å². The molecule has 2 aromatic rings. The van der Waals surface area contributed by atoms with Gasteiger partial charge < -0.3 is 9.88 Å². The molecule has 1 aromatic carbocycles. The molecule has 0 bridgehead atoms. The van der Waals surface area contributed by atoms with Crippen LogP contribution < -0.4 is 5.32 Å². The standard InChI is InChI=1S/C13H17N3/c1-13(2,3)9-4-5-10-11(8-9)16-7-6-14-12(16)15-10/h4-5,8H,6-7H2,1-3H3,(H,14,15). The van der Waals surface area contributed by atoms with Crippen LogP contribution in [0, 0.1) is 0 Å². The molecular weight excluding hydrogens is 198 g/mol. The van der Waals surface area contributed by atoms with Gasteiger partial charge in [-0.3, -0.25) is 0 Å². The highest BCUT2D eigenvalue weighted by Crippen LogP contribution is 2.28. The van der Waals surface area contributed by atoms with Crippen molar-refractivity contribution in [2.75, 3.05) is 11.9 Å². The van der Waals surface area contributed by atoms with Crippen LogP contribution >= 0.6 is 0 Å². The summed E-state index contributed by atoms with van der Waals surface area (Å²) in [6.45, 7) is 8.76. The topological polar surface area (TPSA) is 29.9 Å². The molecule has 0 saturated carbocycles. The number of rotatable bonds is 0. The fraction of sp³-hybridized carbons (Fsp3) is 0.462. The van der Waals surface area contributed by atoms with E-state index in [0.29, 0.717) is 0 Å². The zero-order valence-electron chi connectivity index (χ0n) is 10.0. The summed E-state index contributed by atoms with van der Waals surface area (Å²) >= 11 is 0. The Labute approximate surface area is 95.5 Å². The van der Waals surface area contributed by atoms with Crippen LogP contribution in [0.25, 0.3) is 11.0 Å². The Morgan fingerprint density at radius 1 is 1.31 bits per heavy atom. The minimum atomic E-state index is 0.199. The summed E-state index contributed by atoms with van der Waals surface area (Å²) in [6, 6.07) is 6.59. The second-order valence-corrected chi connectivity index (χ2v) is 5.47. The minimum absolute atomic E-state index is 0.199. The van der Waals surface area contributed by atoms with E-state index in [0.717, 1.165) is 24.6 Å². The normalized spacial score (nSPS) is 15.2. The fourth-order valence-electron chi connectivity index (χ4n) is 2.23. The van der Waals surface area contributed by atoms with E-state index in [4.69, 9.17) is 0 Å². The van der Waals surface area contributed by atoms with E-state index in [-0.39, 0.29) is 5.41 Å². The quantitative estimate of drug-likeness (QED) is 0.732. The predicted octanol–water partition coefficient (Wildman–Crippen LogP) is 2.76. The Hall–Kier alpha value is -1.51. The molecule has 0 unspecified atom stereocenters. The van der Waals surface area contributed by atoms with Crippen molar-refractivity contribution in [2.45, 2.75) is 32.7 Å². The van der Waals surface area contributed by atoms with E-state index in [1.807, 2.05) is 0 Å². The van der Waals surface area contributed by atoms with Gasteiger partial charge in [0.15, 0.2) is 0 Å². The first-order valence-corrected chi connectivity index (χ1v) is 5.80. The van der Waals surface area contributed by atoms with Gasteiger partial charge in [-0.05, 0) is 23.1 Å². The molecule has 1 aliphatic heterocycles. The molecule has 3 rings (SSSR count). The van der Waals surface area contributed by atoms with Crippen LogP contribution in [0.5, 0.6) is 0 Å². The number of nitrogens with zero attached hydrogens (tertiary/aromatic N) is 2. The van der Waals surface area contributed by atoms with E-state index in [1.165, 1.54) is 11.1 Å². The molecule has 1 aromatic heterocycles. The van der Waals surface area contributed by atoms with Gasteiger partial charge >= 0.3 is 0 Å². The van der Waals surface area contributed by atoms with E-state index >= 15 is 0 Å². The van der Waals surface area contributed by atoms with Crippen LogP contribution in [0.15, 0.2) is 18.2 Å². The number of anilines is 1. The maximum Gasteiger partial charge on any atom is 0.204 e. The Balaban J connectivity index is 2.24. The predicted molar refractivity (Wildman–Crippen MR) is 66.9 cm³/mol. The van der Waals surface area contributed by atoms with Gasteiger partial charge in [0, 0.05) is 13.1 Å². The van der Waals surface area contributed by atoms with Gasteiger partial charge in [0.2, 0.25) is 5.95 Å². The monoisotopic (exact) mass is 215 g/mol. The molecule has 0 atom stereocenters. The number of nitrogens with one attached hydrogen (secondary N) is 1. The van der Waals surface area contributed by atoms with Crippen LogP contribution in [0.3, 0.4) is 0 Å². The van der Waals surface area contributed by atoms with Crippen LogP contribution in [-0.2, 0) is 12.0 Å². The highest BCUT2D eigenvalue weighted by atomic mass is 15.3. The van der Waals surface area contributed by atoms with Gasteiger partial charge in [-0.25, -0.2) is 4.98 Å². The zero-order chi connectivity index (χ0) is 11.3. The number of benzene rings is 1. The number of aromatic nitrogens is 2. The third-order valence-corrected chi connectivity index (χ3v) is 3.23. The minimum Gasteiger partial charge on any atom is -0.354 e. The molecule has 0 radical (unpaired) electrons. The SMILES string of the molecule is CC(C)(C)c1ccc2nc3n(c2c1)CCN3. The summed E-state index contributed by atoms with van der Waals surface area (Å²) in [5.74, 6) is 1.01. The smallest absolute Gasteiger partial charge is 0.204 e. The number of hydrogen-bond acceptors (Lipinski definition) is 2. The van der Waals surface area contributed by atoms with Crippen LogP contribution in [0.2, 0.25) is 0 Å². The molecule has 84 valence electrons. The van der Waals surface area contributed by atoms with Gasteiger partial charge in [0.05, 0.1) is 11.0 Å². The lowest BCUT2D eigenvalue weighted by molar-refractivity contribution is 0.590. The number of fused-ring (bicyclic) bond motifs is 3. The highest BCUT2D eigenvalue weighted by Gasteiger charge is 2.19. The molecule has 16 heavy (non-hydrogen) atoms. The summed E-state index contributed by atoms with van der Waals surface area (Å²) in [4.78, 5) is 4.57. The summed E-state index contributed by atoms with van der Waals surface area (Å²) in [5, 5.41) is 3.30. The Morgan fingerprint density at radius 3 is 2.88 bits per heavy atom. The lowest BCUT2D eigenvalue weighted by Crippen LogP contribution is -2.10. The summed E-state index contributed by atoms with van der Waals surface area (Å²) in [6.07, 6.45) is 0. The Kier molecular flexibility index (Phi) is 1.82. The van der Waals surface area contributed by atoms with Gasteiger partial charge in [0.25, 0.3) is 0 Å². The van der Waals surface area contributed by atoms with Gasteiger partial charge in [-0.1, -0.05) is 26.8 Å². The van der Waals surface area contributed by atoms with E-state index < -0.39 is 0 Å². The summed E-state index contributed by atoms with van der Waals surface area (Å²) in [5.41, 5.74) is 3.92. The van der Waals surface area contributed by atoms with Gasteiger partial charge in [-0.15, -0.1) is 0 Å². The van der Waals surface area contributed by atoms with Crippen molar-refractivity contribution in [3.05, 3.63) is 23.8 Å².